The van der Waals surface area contributed by atoms with E-state index in [1.165, 1.54) is 19.3 Å². The number of amides is 1. The minimum absolute atomic E-state index is 0.108. The number of hydrogen-bond acceptors (Lipinski definition) is 6. The highest BCUT2D eigenvalue weighted by molar-refractivity contribution is 6.37. The summed E-state index contributed by atoms with van der Waals surface area (Å²) in [4.78, 5) is 33.4. The van der Waals surface area contributed by atoms with Crippen molar-refractivity contribution in [1.82, 2.24) is 19.9 Å². The van der Waals surface area contributed by atoms with E-state index in [1.807, 2.05) is 37.3 Å². The molecular weight excluding hydrogens is 573 g/mol. The number of benzene rings is 2. The molecule has 3 heterocycles. The molecule has 0 bridgehead atoms. The van der Waals surface area contributed by atoms with Crippen molar-refractivity contribution < 1.29 is 14.3 Å². The van der Waals surface area contributed by atoms with Crippen LogP contribution in [0.4, 0.5) is 0 Å². The average Bonchev–Trinajstić information content (AvgIpc) is 3.49. The molecule has 8 nitrogen and oxygen atoms in total. The molecule has 5 rings (SSSR count). The largest absolute Gasteiger partial charge is 0.487 e. The minimum Gasteiger partial charge on any atom is -0.487 e. The molecule has 1 atom stereocenters. The van der Waals surface area contributed by atoms with Gasteiger partial charge in [-0.15, -0.1) is 0 Å². The first kappa shape index (κ1) is 29.0. The van der Waals surface area contributed by atoms with Crippen LogP contribution in [0, 0.1) is 6.92 Å². The molecule has 0 aliphatic heterocycles. The number of pyridine rings is 2. The normalized spacial score (nSPS) is 12.0. The first-order valence-corrected chi connectivity index (χ1v) is 13.8. The van der Waals surface area contributed by atoms with E-state index in [9.17, 15) is 9.59 Å². The first-order valence-electron chi connectivity index (χ1n) is 13.1. The van der Waals surface area contributed by atoms with E-state index in [-0.39, 0.29) is 24.0 Å². The summed E-state index contributed by atoms with van der Waals surface area (Å²) in [5.74, 6) is 0.00612. The van der Waals surface area contributed by atoms with E-state index < -0.39 is 6.04 Å². The van der Waals surface area contributed by atoms with Crippen LogP contribution >= 0.6 is 23.2 Å². The molecule has 0 saturated carbocycles. The van der Waals surface area contributed by atoms with Gasteiger partial charge in [0, 0.05) is 46.8 Å². The van der Waals surface area contributed by atoms with E-state index in [0.717, 1.165) is 16.6 Å². The maximum atomic E-state index is 13.0. The quantitative estimate of drug-likeness (QED) is 0.193. The molecule has 2 aromatic carbocycles. The fourth-order valence-electron chi connectivity index (χ4n) is 4.45. The number of aromatic nitrogens is 3. The molecule has 0 fully saturated rings. The summed E-state index contributed by atoms with van der Waals surface area (Å²) in [5, 5.41) is 4.30. The molecule has 1 amide bonds. The van der Waals surface area contributed by atoms with Gasteiger partial charge < -0.3 is 20.4 Å². The summed E-state index contributed by atoms with van der Waals surface area (Å²) in [6, 6.07) is 19.1. The Bertz CT molecular complexity index is 1820. The summed E-state index contributed by atoms with van der Waals surface area (Å²) < 4.78 is 7.92. The summed E-state index contributed by atoms with van der Waals surface area (Å²) >= 11 is 13.4. The summed E-state index contributed by atoms with van der Waals surface area (Å²) in [7, 11) is 1.53. The molecule has 0 spiro atoms. The second-order valence-electron chi connectivity index (χ2n) is 9.50. The maximum absolute atomic E-state index is 13.0. The smallest absolute Gasteiger partial charge is 0.269 e. The van der Waals surface area contributed by atoms with Crippen molar-refractivity contribution in [3.63, 3.8) is 0 Å². The number of nitrogens with one attached hydrogen (secondary N) is 1. The van der Waals surface area contributed by atoms with Crippen LogP contribution in [-0.4, -0.2) is 33.3 Å². The molecule has 3 N–H and O–H groups in total. The molecule has 5 aromatic rings. The van der Waals surface area contributed by atoms with Gasteiger partial charge in [0.05, 0.1) is 10.7 Å². The molecule has 1 unspecified atom stereocenters. The van der Waals surface area contributed by atoms with Crippen LogP contribution in [0.2, 0.25) is 10.0 Å². The highest BCUT2D eigenvalue weighted by atomic mass is 35.5. The Hall–Kier alpha value is -4.50. The van der Waals surface area contributed by atoms with Gasteiger partial charge in [0.1, 0.15) is 29.6 Å². The number of halogens is 2. The van der Waals surface area contributed by atoms with Gasteiger partial charge in [-0.3, -0.25) is 14.6 Å². The van der Waals surface area contributed by atoms with E-state index in [4.69, 9.17) is 33.7 Å². The third-order valence-electron chi connectivity index (χ3n) is 6.71. The van der Waals surface area contributed by atoms with E-state index in [2.05, 4.69) is 15.3 Å². The molecule has 0 aliphatic rings. The van der Waals surface area contributed by atoms with E-state index in [0.29, 0.717) is 38.3 Å². The summed E-state index contributed by atoms with van der Waals surface area (Å²) in [6.07, 6.45) is 6.28. The highest BCUT2D eigenvalue weighted by Crippen LogP contribution is 2.34. The van der Waals surface area contributed by atoms with Gasteiger partial charge in [0.25, 0.3) is 5.91 Å². The number of rotatable bonds is 9. The number of ketones is 1. The van der Waals surface area contributed by atoms with E-state index in [1.54, 1.807) is 53.2 Å². The molecule has 10 heteroatoms. The number of carbonyl (C=O) groups excluding carboxylic acids is 2. The number of para-hydroxylation sites is 1. The summed E-state index contributed by atoms with van der Waals surface area (Å²) in [6.45, 7) is 2.04. The third kappa shape index (κ3) is 6.06. The lowest BCUT2D eigenvalue weighted by Gasteiger charge is -2.18. The number of nitrogens with two attached hydrogens (primary N) is 1. The third-order valence-corrected chi connectivity index (χ3v) is 7.49. The Kier molecular flexibility index (Phi) is 8.68. The van der Waals surface area contributed by atoms with Crippen LogP contribution in [0.5, 0.6) is 5.75 Å². The van der Waals surface area contributed by atoms with Crippen molar-refractivity contribution in [1.29, 1.82) is 0 Å². The van der Waals surface area contributed by atoms with Crippen molar-refractivity contribution in [2.75, 3.05) is 7.05 Å². The lowest BCUT2D eigenvalue weighted by molar-refractivity contribution is -0.115. The Morgan fingerprint density at radius 3 is 2.67 bits per heavy atom. The molecular formula is C32H27Cl2N5O3. The first-order chi connectivity index (χ1) is 20.3. The fourth-order valence-corrected chi connectivity index (χ4v) is 5.02. The Morgan fingerprint density at radius 2 is 1.90 bits per heavy atom. The highest BCUT2D eigenvalue weighted by Gasteiger charge is 2.21. The molecule has 0 aliphatic carbocycles. The molecule has 42 heavy (non-hydrogen) atoms. The lowest BCUT2D eigenvalue weighted by Crippen LogP contribution is -2.22. The number of ether oxygens (including phenoxy) is 1. The van der Waals surface area contributed by atoms with Gasteiger partial charge in [0.2, 0.25) is 0 Å². The van der Waals surface area contributed by atoms with Crippen molar-refractivity contribution in [3.05, 3.63) is 123 Å². The van der Waals surface area contributed by atoms with Gasteiger partial charge in [-0.2, -0.15) is 0 Å². The van der Waals surface area contributed by atoms with Gasteiger partial charge in [-0.25, -0.2) is 4.98 Å². The lowest BCUT2D eigenvalue weighted by atomic mass is 10.1. The predicted octanol–water partition coefficient (Wildman–Crippen LogP) is 6.26. The van der Waals surface area contributed by atoms with Crippen molar-refractivity contribution in [2.24, 2.45) is 5.73 Å². The maximum Gasteiger partial charge on any atom is 0.269 e. The standard InChI is InChI=1S/C32H27Cl2N5O3/c1-19-8-11-21-5-3-7-28(31(21)38-19)42-18-22-23(33)12-14-25(29(22)34)39-16-4-6-26(39)30(35)27(40)15-10-20-9-13-24(37-17-20)32(41)36-2/h3-17,30H,18,35H2,1-2H3,(H,36,41)/b15-10+. The van der Waals surface area contributed by atoms with Crippen LogP contribution in [0.15, 0.2) is 85.2 Å². The number of fused-ring (bicyclic) bond motifs is 1. The topological polar surface area (TPSA) is 112 Å². The average molecular weight is 601 g/mol. The number of hydrogen-bond donors (Lipinski definition) is 2. The Balaban J connectivity index is 1.37. The number of aryl methyl sites for hydroxylation is 1. The van der Waals surface area contributed by atoms with Gasteiger partial charge >= 0.3 is 0 Å². The monoisotopic (exact) mass is 599 g/mol. The minimum atomic E-state index is -0.967. The molecule has 212 valence electrons. The Morgan fingerprint density at radius 1 is 1.07 bits per heavy atom. The van der Waals surface area contributed by atoms with Crippen LogP contribution in [0.25, 0.3) is 22.7 Å². The van der Waals surface area contributed by atoms with Crippen LogP contribution in [-0.2, 0) is 11.4 Å². The van der Waals surface area contributed by atoms with Crippen LogP contribution in [0.3, 0.4) is 0 Å². The zero-order valence-corrected chi connectivity index (χ0v) is 24.4. The van der Waals surface area contributed by atoms with Crippen molar-refractivity contribution in [2.45, 2.75) is 19.6 Å². The summed E-state index contributed by atoms with van der Waals surface area (Å²) in [5.41, 5.74) is 10.7. The second kappa shape index (κ2) is 12.6. The molecule has 0 radical (unpaired) electrons. The fraction of sp³-hybridized carbons (Fsp3) is 0.125. The molecule has 3 aromatic heterocycles. The van der Waals surface area contributed by atoms with Crippen LogP contribution < -0.4 is 15.8 Å². The van der Waals surface area contributed by atoms with Gasteiger partial charge in [-0.1, -0.05) is 47.5 Å². The Labute approximate surface area is 252 Å². The zero-order chi connectivity index (χ0) is 29.8. The number of nitrogens with zero attached hydrogens (tertiary/aromatic N) is 3. The SMILES string of the molecule is CNC(=O)c1ccc(/C=C/C(=O)C(N)c2cccn2-c2ccc(Cl)c(COc3cccc4ccc(C)nc34)c2Cl)cn1. The number of carbonyl (C=O) groups is 2. The van der Waals surface area contributed by atoms with Gasteiger partial charge in [0.15, 0.2) is 5.78 Å². The second-order valence-corrected chi connectivity index (χ2v) is 10.3. The van der Waals surface area contributed by atoms with Crippen molar-refractivity contribution >= 4 is 51.9 Å². The van der Waals surface area contributed by atoms with Gasteiger partial charge in [-0.05, 0) is 67.1 Å². The predicted molar refractivity (Wildman–Crippen MR) is 165 cm³/mol. The molecule has 0 saturated heterocycles. The van der Waals surface area contributed by atoms with E-state index >= 15 is 0 Å². The van der Waals surface area contributed by atoms with Crippen LogP contribution in [0.1, 0.15) is 39.0 Å². The van der Waals surface area contributed by atoms with Crippen molar-refractivity contribution in [3.8, 4) is 11.4 Å². The zero-order valence-electron chi connectivity index (χ0n) is 22.8.